The summed E-state index contributed by atoms with van der Waals surface area (Å²) >= 11 is 0. The topological polar surface area (TPSA) is 16.1 Å². The van der Waals surface area contributed by atoms with Crippen LogP contribution < -0.4 is 4.90 Å². The monoisotopic (exact) mass is 190 g/mol. The van der Waals surface area contributed by atoms with E-state index < -0.39 is 0 Å². The molecule has 1 saturated heterocycles. The van der Waals surface area contributed by atoms with E-state index >= 15 is 0 Å². The Labute approximate surface area is 86.0 Å². The summed E-state index contributed by atoms with van der Waals surface area (Å²) in [6.45, 7) is 4.68. The zero-order chi connectivity index (χ0) is 9.80. The minimum Gasteiger partial charge on any atom is -0.357 e. The fourth-order valence-electron chi connectivity index (χ4n) is 2.03. The molecule has 2 rings (SSSR count). The Morgan fingerprint density at radius 3 is 3.00 bits per heavy atom. The predicted octanol–water partition coefficient (Wildman–Crippen LogP) is 2.71. The Morgan fingerprint density at radius 1 is 1.29 bits per heavy atom. The van der Waals surface area contributed by atoms with Crippen molar-refractivity contribution in [3.63, 3.8) is 0 Å². The van der Waals surface area contributed by atoms with Gasteiger partial charge in [0.1, 0.15) is 5.82 Å². The van der Waals surface area contributed by atoms with Gasteiger partial charge in [-0.3, -0.25) is 0 Å². The van der Waals surface area contributed by atoms with Crippen molar-refractivity contribution >= 4 is 5.82 Å². The van der Waals surface area contributed by atoms with E-state index in [1.54, 1.807) is 0 Å². The molecule has 0 radical (unpaired) electrons. The Hall–Kier alpha value is -1.05. The maximum absolute atomic E-state index is 4.40. The second-order valence-corrected chi connectivity index (χ2v) is 4.21. The first-order valence-electron chi connectivity index (χ1n) is 5.52. The number of nitrogens with zero attached hydrogens (tertiary/aromatic N) is 2. The first-order chi connectivity index (χ1) is 6.86. The standard InChI is InChI=1S/C12H18N2/c1-11-5-4-9-14(10-7-11)12-6-2-3-8-13-12/h2-3,6,8,11H,4-5,7,9-10H2,1H3/t11-/m0/s1. The highest BCUT2D eigenvalue weighted by Gasteiger charge is 2.14. The lowest BCUT2D eigenvalue weighted by Gasteiger charge is -2.21. The van der Waals surface area contributed by atoms with E-state index in [1.807, 2.05) is 12.3 Å². The molecule has 0 N–H and O–H groups in total. The summed E-state index contributed by atoms with van der Waals surface area (Å²) in [7, 11) is 0. The van der Waals surface area contributed by atoms with Crippen molar-refractivity contribution in [1.82, 2.24) is 4.98 Å². The zero-order valence-corrected chi connectivity index (χ0v) is 8.82. The minimum atomic E-state index is 0.878. The lowest BCUT2D eigenvalue weighted by Crippen LogP contribution is -2.24. The summed E-state index contributed by atoms with van der Waals surface area (Å²) in [5, 5.41) is 0. The Kier molecular flexibility index (Phi) is 3.02. The van der Waals surface area contributed by atoms with Gasteiger partial charge in [0.05, 0.1) is 0 Å². The Morgan fingerprint density at radius 2 is 2.21 bits per heavy atom. The normalized spacial score (nSPS) is 23.2. The molecule has 0 aliphatic carbocycles. The van der Waals surface area contributed by atoms with Crippen molar-refractivity contribution in [2.45, 2.75) is 26.2 Å². The molecule has 0 saturated carbocycles. The number of anilines is 1. The average molecular weight is 190 g/mol. The summed E-state index contributed by atoms with van der Waals surface area (Å²) in [4.78, 5) is 6.80. The van der Waals surface area contributed by atoms with Crippen molar-refractivity contribution in [1.29, 1.82) is 0 Å². The first-order valence-corrected chi connectivity index (χ1v) is 5.52. The molecule has 1 aromatic rings. The lowest BCUT2D eigenvalue weighted by atomic mass is 10.0. The molecule has 0 bridgehead atoms. The van der Waals surface area contributed by atoms with E-state index in [1.165, 1.54) is 25.8 Å². The SMILES string of the molecule is C[C@H]1CCCN(c2ccccn2)CC1. The van der Waals surface area contributed by atoms with Crippen LogP contribution in [0.15, 0.2) is 24.4 Å². The van der Waals surface area contributed by atoms with Gasteiger partial charge in [-0.1, -0.05) is 13.0 Å². The van der Waals surface area contributed by atoms with Gasteiger partial charge in [0.25, 0.3) is 0 Å². The number of hydrogen-bond acceptors (Lipinski definition) is 2. The van der Waals surface area contributed by atoms with Gasteiger partial charge in [0.15, 0.2) is 0 Å². The quantitative estimate of drug-likeness (QED) is 0.677. The third-order valence-electron chi connectivity index (χ3n) is 2.99. The second kappa shape index (κ2) is 4.45. The fraction of sp³-hybridized carbons (Fsp3) is 0.583. The fourth-order valence-corrected chi connectivity index (χ4v) is 2.03. The molecule has 1 aliphatic rings. The molecule has 1 atom stereocenters. The van der Waals surface area contributed by atoms with E-state index in [-0.39, 0.29) is 0 Å². The average Bonchev–Trinajstić information content (AvgIpc) is 2.44. The summed E-state index contributed by atoms with van der Waals surface area (Å²) in [5.41, 5.74) is 0. The molecule has 0 unspecified atom stereocenters. The minimum absolute atomic E-state index is 0.878. The van der Waals surface area contributed by atoms with Crippen LogP contribution >= 0.6 is 0 Å². The highest BCUT2D eigenvalue weighted by atomic mass is 15.2. The first kappa shape index (κ1) is 9.50. The Balaban J connectivity index is 2.04. The molecule has 2 nitrogen and oxygen atoms in total. The maximum atomic E-state index is 4.40. The van der Waals surface area contributed by atoms with Crippen molar-refractivity contribution in [3.8, 4) is 0 Å². The van der Waals surface area contributed by atoms with Gasteiger partial charge in [0.2, 0.25) is 0 Å². The molecule has 0 spiro atoms. The van der Waals surface area contributed by atoms with Crippen LogP contribution in [0.1, 0.15) is 26.2 Å². The highest BCUT2D eigenvalue weighted by Crippen LogP contribution is 2.20. The molecule has 0 amide bonds. The summed E-state index contributed by atoms with van der Waals surface area (Å²) in [5.74, 6) is 2.02. The highest BCUT2D eigenvalue weighted by molar-refractivity contribution is 5.37. The molecule has 76 valence electrons. The number of aromatic nitrogens is 1. The Bertz CT molecular complexity index is 271. The lowest BCUT2D eigenvalue weighted by molar-refractivity contribution is 0.521. The number of pyridine rings is 1. The smallest absolute Gasteiger partial charge is 0.128 e. The van der Waals surface area contributed by atoms with Gasteiger partial charge < -0.3 is 4.90 Å². The van der Waals surface area contributed by atoms with Crippen LogP contribution in [-0.4, -0.2) is 18.1 Å². The number of rotatable bonds is 1. The third kappa shape index (κ3) is 2.25. The summed E-state index contributed by atoms with van der Waals surface area (Å²) in [6, 6.07) is 6.15. The van der Waals surface area contributed by atoms with Crippen LogP contribution in [0.2, 0.25) is 0 Å². The zero-order valence-electron chi connectivity index (χ0n) is 8.82. The number of hydrogen-bond donors (Lipinski definition) is 0. The van der Waals surface area contributed by atoms with Gasteiger partial charge in [-0.25, -0.2) is 4.98 Å². The molecule has 1 fully saturated rings. The van der Waals surface area contributed by atoms with Gasteiger partial charge in [0, 0.05) is 19.3 Å². The van der Waals surface area contributed by atoms with Gasteiger partial charge >= 0.3 is 0 Å². The van der Waals surface area contributed by atoms with Crippen molar-refractivity contribution in [3.05, 3.63) is 24.4 Å². The van der Waals surface area contributed by atoms with E-state index in [0.29, 0.717) is 0 Å². The van der Waals surface area contributed by atoms with Crippen LogP contribution in [0.4, 0.5) is 5.82 Å². The summed E-state index contributed by atoms with van der Waals surface area (Å²) < 4.78 is 0. The van der Waals surface area contributed by atoms with Gasteiger partial charge in [-0.2, -0.15) is 0 Å². The second-order valence-electron chi connectivity index (χ2n) is 4.21. The van der Waals surface area contributed by atoms with Crippen molar-refractivity contribution in [2.75, 3.05) is 18.0 Å². The van der Waals surface area contributed by atoms with Gasteiger partial charge in [-0.05, 0) is 37.3 Å². The molecule has 2 heterocycles. The third-order valence-corrected chi connectivity index (χ3v) is 2.99. The molecule has 0 aromatic carbocycles. The van der Waals surface area contributed by atoms with Crippen molar-refractivity contribution < 1.29 is 0 Å². The van der Waals surface area contributed by atoms with Crippen molar-refractivity contribution in [2.24, 2.45) is 5.92 Å². The van der Waals surface area contributed by atoms with Crippen LogP contribution in [0, 0.1) is 5.92 Å². The maximum Gasteiger partial charge on any atom is 0.128 e. The molecule has 1 aliphatic heterocycles. The van der Waals surface area contributed by atoms with E-state index in [0.717, 1.165) is 18.3 Å². The van der Waals surface area contributed by atoms with Crippen LogP contribution in [-0.2, 0) is 0 Å². The predicted molar refractivity (Wildman–Crippen MR) is 59.5 cm³/mol. The van der Waals surface area contributed by atoms with E-state index in [4.69, 9.17) is 0 Å². The van der Waals surface area contributed by atoms with Crippen LogP contribution in [0.5, 0.6) is 0 Å². The van der Waals surface area contributed by atoms with E-state index in [2.05, 4.69) is 28.9 Å². The largest absolute Gasteiger partial charge is 0.357 e. The molecule has 1 aromatic heterocycles. The van der Waals surface area contributed by atoms with Gasteiger partial charge in [-0.15, -0.1) is 0 Å². The molecular formula is C12H18N2. The molecular weight excluding hydrogens is 172 g/mol. The van der Waals surface area contributed by atoms with E-state index in [9.17, 15) is 0 Å². The van der Waals surface area contributed by atoms with Crippen LogP contribution in [0.25, 0.3) is 0 Å². The summed E-state index contributed by atoms with van der Waals surface area (Å²) in [6.07, 6.45) is 5.85. The van der Waals surface area contributed by atoms with Crippen LogP contribution in [0.3, 0.4) is 0 Å². The molecule has 2 heteroatoms. The molecule has 14 heavy (non-hydrogen) atoms.